The Morgan fingerprint density at radius 1 is 1.42 bits per heavy atom. The number of β-lactam (4-membered cyclic amide) rings is 1. The van der Waals surface area contributed by atoms with Crippen LogP contribution in [0.3, 0.4) is 0 Å². The van der Waals surface area contributed by atoms with Gasteiger partial charge in [0.2, 0.25) is 0 Å². The van der Waals surface area contributed by atoms with E-state index in [1.165, 1.54) is 12.3 Å². The van der Waals surface area contributed by atoms with Crippen LogP contribution in [0.2, 0.25) is 0 Å². The van der Waals surface area contributed by atoms with Crippen molar-refractivity contribution in [2.75, 3.05) is 11.5 Å². The van der Waals surface area contributed by atoms with E-state index in [9.17, 15) is 24.3 Å². The minimum Gasteiger partial charge on any atom is -0.477 e. The minimum atomic E-state index is -2.19. The summed E-state index contributed by atoms with van der Waals surface area (Å²) in [5.74, 6) is -4.59. The van der Waals surface area contributed by atoms with E-state index in [-0.39, 0.29) is 35.3 Å². The molecule has 36 heavy (non-hydrogen) atoms. The number of aliphatic carboxylic acids is 1. The predicted octanol–water partition coefficient (Wildman–Crippen LogP) is 0.0305. The van der Waals surface area contributed by atoms with Gasteiger partial charge in [-0.25, -0.2) is 9.78 Å². The topological polar surface area (TPSA) is 186 Å². The zero-order valence-electron chi connectivity index (χ0n) is 18.9. The number of thiazole rings is 1. The fourth-order valence-corrected chi connectivity index (χ4v) is 5.05. The van der Waals surface area contributed by atoms with Crippen LogP contribution in [0.4, 0.5) is 5.13 Å². The molecule has 0 spiro atoms. The molecule has 2 aliphatic heterocycles. The lowest BCUT2D eigenvalue weighted by molar-refractivity contribution is -0.219. The molecule has 2 aromatic heterocycles. The van der Waals surface area contributed by atoms with Crippen molar-refractivity contribution >= 4 is 58.6 Å². The number of carbonyl (C=O) groups is 4. The molecule has 2 aromatic rings. The summed E-state index contributed by atoms with van der Waals surface area (Å²) >= 11 is 5.22. The van der Waals surface area contributed by atoms with Gasteiger partial charge in [0.15, 0.2) is 10.8 Å². The highest BCUT2D eigenvalue weighted by Crippen LogP contribution is 2.42. The quantitative estimate of drug-likeness (QED) is 0.112. The van der Waals surface area contributed by atoms with Gasteiger partial charge >= 0.3 is 11.9 Å². The van der Waals surface area contributed by atoms with E-state index in [4.69, 9.17) is 15.3 Å². The average molecular weight is 535 g/mol. The Labute approximate surface area is 214 Å². The molecule has 0 aliphatic carbocycles. The molecular formula is C21H22N6O7S2. The van der Waals surface area contributed by atoms with Crippen molar-refractivity contribution in [3.05, 3.63) is 41.2 Å². The summed E-state index contributed by atoms with van der Waals surface area (Å²) in [7, 11) is 0. The summed E-state index contributed by atoms with van der Waals surface area (Å²) < 4.78 is 5.16. The van der Waals surface area contributed by atoms with Gasteiger partial charge in [-0.1, -0.05) is 5.16 Å². The van der Waals surface area contributed by atoms with E-state index in [0.717, 1.165) is 21.8 Å². The van der Waals surface area contributed by atoms with Crippen LogP contribution in [-0.4, -0.2) is 73.0 Å². The van der Waals surface area contributed by atoms with Crippen LogP contribution >= 0.6 is 24.0 Å². The molecule has 0 aromatic carbocycles. The number of anilines is 1. The molecule has 13 nitrogen and oxygen atoms in total. The van der Waals surface area contributed by atoms with E-state index in [1.54, 1.807) is 24.5 Å². The number of esters is 1. The van der Waals surface area contributed by atoms with Gasteiger partial charge in [-0.3, -0.25) is 24.3 Å². The van der Waals surface area contributed by atoms with Gasteiger partial charge in [0.1, 0.15) is 18.3 Å². The van der Waals surface area contributed by atoms with Gasteiger partial charge in [-0.05, 0) is 30.4 Å². The van der Waals surface area contributed by atoms with Crippen LogP contribution in [-0.2, 0) is 35.4 Å². The van der Waals surface area contributed by atoms with Gasteiger partial charge < -0.3 is 25.7 Å². The number of nitrogens with two attached hydrogens (primary N) is 1. The number of hydrogen-bond acceptors (Lipinski definition) is 12. The summed E-state index contributed by atoms with van der Waals surface area (Å²) in [6, 6.07) is 1.51. The number of thiol groups is 1. The van der Waals surface area contributed by atoms with Gasteiger partial charge in [0, 0.05) is 23.7 Å². The largest absolute Gasteiger partial charge is 0.477 e. The second-order valence-electron chi connectivity index (χ2n) is 8.10. The molecule has 4 rings (SSSR count). The van der Waals surface area contributed by atoms with Crippen molar-refractivity contribution in [3.63, 3.8) is 0 Å². The number of cyclic esters (lactones) is 1. The van der Waals surface area contributed by atoms with Gasteiger partial charge in [0.05, 0.1) is 12.5 Å². The molecule has 2 fully saturated rings. The maximum atomic E-state index is 13.1. The number of carboxylic acid groups (broad SMARTS) is 1. The highest BCUT2D eigenvalue weighted by atomic mass is 32.1. The average Bonchev–Trinajstić information content (AvgIpc) is 3.44. The monoisotopic (exact) mass is 534 g/mol. The Balaban J connectivity index is 1.52. The normalized spacial score (nSPS) is 25.8. The first kappa shape index (κ1) is 25.4. The maximum Gasteiger partial charge on any atom is 0.370 e. The van der Waals surface area contributed by atoms with Crippen molar-refractivity contribution in [1.82, 2.24) is 20.2 Å². The van der Waals surface area contributed by atoms with Crippen LogP contribution < -0.4 is 11.1 Å². The summed E-state index contributed by atoms with van der Waals surface area (Å²) in [5.41, 5.74) is 4.19. The number of rotatable bonds is 9. The Morgan fingerprint density at radius 2 is 2.14 bits per heavy atom. The minimum absolute atomic E-state index is 0.00242. The Hall–Kier alpha value is -3.72. The zero-order chi connectivity index (χ0) is 26.0. The number of hydrogen-bond donors (Lipinski definition) is 4. The van der Waals surface area contributed by atoms with E-state index >= 15 is 0 Å². The fraction of sp³-hybridized carbons (Fsp3) is 0.381. The number of nitrogens with one attached hydrogen (secondary N) is 1. The van der Waals surface area contributed by atoms with Crippen LogP contribution in [0.5, 0.6) is 0 Å². The molecule has 2 aliphatic rings. The molecule has 15 heteroatoms. The lowest BCUT2D eigenvalue weighted by Gasteiger charge is -2.52. The first-order valence-electron chi connectivity index (χ1n) is 10.7. The molecule has 4 N–H and O–H groups in total. The van der Waals surface area contributed by atoms with Crippen LogP contribution in [0.25, 0.3) is 0 Å². The maximum absolute atomic E-state index is 13.1. The van der Waals surface area contributed by atoms with Gasteiger partial charge in [-0.2, -0.15) is 12.6 Å². The molecular weight excluding hydrogens is 512 g/mol. The van der Waals surface area contributed by atoms with E-state index in [1.807, 2.05) is 0 Å². The Kier molecular flexibility index (Phi) is 7.12. The predicted molar refractivity (Wildman–Crippen MR) is 129 cm³/mol. The number of nitrogens with zero attached hydrogens (tertiary/aromatic N) is 4. The van der Waals surface area contributed by atoms with Crippen molar-refractivity contribution in [1.29, 1.82) is 0 Å². The van der Waals surface area contributed by atoms with Crippen molar-refractivity contribution in [2.24, 2.45) is 11.1 Å². The van der Waals surface area contributed by atoms with Gasteiger partial charge in [0.25, 0.3) is 17.5 Å². The van der Waals surface area contributed by atoms with Crippen LogP contribution in [0.15, 0.2) is 35.1 Å². The van der Waals surface area contributed by atoms with E-state index < -0.39 is 47.5 Å². The molecule has 2 saturated heterocycles. The number of carbonyl (C=O) groups excluding carboxylic acids is 3. The fourth-order valence-electron chi connectivity index (χ4n) is 4.13. The number of carboxylic acids is 1. The lowest BCUT2D eigenvalue weighted by atomic mass is 9.86. The van der Waals surface area contributed by atoms with Crippen molar-refractivity contribution in [2.45, 2.75) is 37.8 Å². The molecule has 0 bridgehead atoms. The third-order valence-corrected chi connectivity index (χ3v) is 7.03. The van der Waals surface area contributed by atoms with Crippen molar-refractivity contribution < 1.29 is 33.9 Å². The lowest BCUT2D eigenvalue weighted by Crippen LogP contribution is -2.79. The summed E-state index contributed by atoms with van der Waals surface area (Å²) in [4.78, 5) is 64.5. The second kappa shape index (κ2) is 10.1. The van der Waals surface area contributed by atoms with Crippen LogP contribution in [0.1, 0.15) is 24.6 Å². The number of ether oxygens (including phenoxy) is 1. The molecule has 4 atom stereocenters. The summed E-state index contributed by atoms with van der Waals surface area (Å²) in [5, 5.41) is 18.1. The molecule has 2 amide bonds. The number of oxime groups is 1. The van der Waals surface area contributed by atoms with Crippen molar-refractivity contribution in [3.8, 4) is 0 Å². The third-order valence-electron chi connectivity index (χ3n) is 5.92. The SMILES string of the molecule is C[C@@H]1[C@H](NC(=O)/C(=N\OCc2ccncc2)c2csc(N)n2)C(=O)N1[C@@]1(C(=O)O)OC(=O)C[C@H]1CS. The number of pyridine rings is 1. The smallest absolute Gasteiger partial charge is 0.370 e. The Bertz CT molecular complexity index is 1220. The third kappa shape index (κ3) is 4.46. The van der Waals surface area contributed by atoms with Crippen LogP contribution in [0, 0.1) is 5.92 Å². The Morgan fingerprint density at radius 3 is 2.72 bits per heavy atom. The number of nitrogen functional groups attached to an aromatic ring is 1. The molecule has 0 radical (unpaired) electrons. The molecule has 190 valence electrons. The molecule has 0 unspecified atom stereocenters. The highest BCUT2D eigenvalue weighted by molar-refractivity contribution is 7.80. The van der Waals surface area contributed by atoms with E-state index in [2.05, 4.69) is 33.1 Å². The standard InChI is InChI=1S/C21H22N6O7S2/c1-10-15(18(30)27(10)21(19(31)32)12(8-35)6-14(28)34-21)25-17(29)16(13-9-36-20(22)24-13)26-33-7-11-2-4-23-5-3-11/h2-5,9-10,12,15,35H,6-8H2,1H3,(H2,22,24)(H,25,29)(H,31,32)/b26-16-/t10-,12+,15+,21-/m1/s1. The van der Waals surface area contributed by atoms with Gasteiger partial charge in [-0.15, -0.1) is 11.3 Å². The summed E-state index contributed by atoms with van der Waals surface area (Å²) in [6.07, 6.45) is 2.97. The van der Waals surface area contributed by atoms with E-state index in [0.29, 0.717) is 0 Å². The molecule has 0 saturated carbocycles. The first-order chi connectivity index (χ1) is 17.2. The number of amides is 2. The summed E-state index contributed by atoms with van der Waals surface area (Å²) in [6.45, 7) is 1.58. The second-order valence-corrected chi connectivity index (χ2v) is 9.35. The first-order valence-corrected chi connectivity index (χ1v) is 12.2. The number of aromatic nitrogens is 2. The number of likely N-dealkylation sites (tertiary alicyclic amines) is 1. The zero-order valence-corrected chi connectivity index (χ0v) is 20.6. The molecule has 4 heterocycles. The highest BCUT2D eigenvalue weighted by Gasteiger charge is 2.67.